The SMILES string of the molecule is c1ccc(N(c2ccccc2)c2ccc(-c3cc4cc5cc(-c6ccc(N(c7ccccc7)c7ccccc7)cc6)c6c7ccsc7ccc6c5cc4c4ccc5sccc5c34)cc2)cc1. The van der Waals surface area contributed by atoms with Crippen molar-refractivity contribution in [3.63, 3.8) is 0 Å². The van der Waals surface area contributed by atoms with Crippen molar-refractivity contribution in [2.24, 2.45) is 0 Å². The first kappa shape index (κ1) is 38.4. The van der Waals surface area contributed by atoms with Crippen molar-refractivity contribution < 1.29 is 0 Å². The molecule has 0 aliphatic rings. The first-order valence-corrected chi connectivity index (χ1v) is 24.1. The molecule has 13 rings (SSSR count). The average molecular weight is 877 g/mol. The van der Waals surface area contributed by atoms with Crippen molar-refractivity contribution in [2.75, 3.05) is 9.80 Å². The highest BCUT2D eigenvalue weighted by Gasteiger charge is 2.19. The van der Waals surface area contributed by atoms with E-state index in [1.54, 1.807) is 0 Å². The Bertz CT molecular complexity index is 3560. The summed E-state index contributed by atoms with van der Waals surface area (Å²) in [4.78, 5) is 4.65. The summed E-state index contributed by atoms with van der Waals surface area (Å²) in [5.41, 5.74) is 11.6. The minimum atomic E-state index is 1.12. The van der Waals surface area contributed by atoms with E-state index in [4.69, 9.17) is 0 Å². The number of hydrogen-bond donors (Lipinski definition) is 0. The smallest absolute Gasteiger partial charge is 0.0462 e. The lowest BCUT2D eigenvalue weighted by Crippen LogP contribution is -2.09. The minimum absolute atomic E-state index is 1.12. The molecule has 0 atom stereocenters. The maximum atomic E-state index is 2.47. The molecule has 0 radical (unpaired) electrons. The molecule has 0 saturated carbocycles. The highest BCUT2D eigenvalue weighted by atomic mass is 32.1. The maximum absolute atomic E-state index is 2.47. The molecule has 0 saturated heterocycles. The van der Waals surface area contributed by atoms with Gasteiger partial charge in [-0.25, -0.2) is 0 Å². The van der Waals surface area contributed by atoms with Crippen molar-refractivity contribution in [1.82, 2.24) is 0 Å². The lowest BCUT2D eigenvalue weighted by Gasteiger charge is -2.25. The summed E-state index contributed by atoms with van der Waals surface area (Å²) in [5, 5.41) is 17.2. The van der Waals surface area contributed by atoms with Crippen LogP contribution < -0.4 is 9.80 Å². The van der Waals surface area contributed by atoms with E-state index in [2.05, 4.69) is 251 Å². The Morgan fingerprint density at radius 2 is 0.606 bits per heavy atom. The molecule has 11 aromatic carbocycles. The summed E-state index contributed by atoms with van der Waals surface area (Å²) < 4.78 is 2.60. The van der Waals surface area contributed by atoms with Crippen molar-refractivity contribution in [3.8, 4) is 22.3 Å². The van der Waals surface area contributed by atoms with Gasteiger partial charge in [0.25, 0.3) is 0 Å². The summed E-state index contributed by atoms with van der Waals surface area (Å²) >= 11 is 3.62. The number of hydrogen-bond acceptors (Lipinski definition) is 4. The van der Waals surface area contributed by atoms with Gasteiger partial charge >= 0.3 is 0 Å². The fourth-order valence-electron chi connectivity index (χ4n) is 10.2. The first-order valence-electron chi connectivity index (χ1n) is 22.4. The Balaban J connectivity index is 0.997. The molecule has 2 nitrogen and oxygen atoms in total. The van der Waals surface area contributed by atoms with Gasteiger partial charge in [-0.1, -0.05) is 109 Å². The zero-order valence-corrected chi connectivity index (χ0v) is 37.4. The summed E-state index contributed by atoms with van der Waals surface area (Å²) in [5.74, 6) is 0. The topological polar surface area (TPSA) is 6.48 Å². The van der Waals surface area contributed by atoms with E-state index in [1.807, 2.05) is 22.7 Å². The molecule has 66 heavy (non-hydrogen) atoms. The number of benzene rings is 11. The Labute approximate surface area is 391 Å². The van der Waals surface area contributed by atoms with E-state index in [9.17, 15) is 0 Å². The maximum Gasteiger partial charge on any atom is 0.0462 e. The van der Waals surface area contributed by atoms with Crippen LogP contribution in [-0.2, 0) is 0 Å². The average Bonchev–Trinajstić information content (AvgIpc) is 4.08. The highest BCUT2D eigenvalue weighted by molar-refractivity contribution is 7.17. The van der Waals surface area contributed by atoms with E-state index in [1.165, 1.54) is 85.5 Å². The molecule has 0 aliphatic heterocycles. The van der Waals surface area contributed by atoms with Crippen LogP contribution in [0.1, 0.15) is 0 Å². The van der Waals surface area contributed by atoms with Gasteiger partial charge in [0.2, 0.25) is 0 Å². The van der Waals surface area contributed by atoms with Gasteiger partial charge in [-0.15, -0.1) is 22.7 Å². The van der Waals surface area contributed by atoms with Crippen LogP contribution in [0.3, 0.4) is 0 Å². The fourth-order valence-corrected chi connectivity index (χ4v) is 11.7. The predicted octanol–water partition coefficient (Wildman–Crippen LogP) is 19.0. The molecule has 13 aromatic rings. The lowest BCUT2D eigenvalue weighted by atomic mass is 9.87. The van der Waals surface area contributed by atoms with E-state index < -0.39 is 0 Å². The standard InChI is InChI=1S/C62H40N2S2/c1-5-13-45(14-6-1)63(46-15-7-2-8-16-46)49-25-21-41(22-26-49)57-38-43-37-44-39-58(42-23-27-50(28-24-42)64(47-17-9-3-10-18-47)48-19-11-4-12-20-48)62-52(30-32-60-54(62)34-36-66-60)56(44)40-55(43)51-29-31-59-53(61(51)57)33-35-65-59/h1-40H. The molecule has 2 aromatic heterocycles. The van der Waals surface area contributed by atoms with Gasteiger partial charge in [-0.3, -0.25) is 0 Å². The van der Waals surface area contributed by atoms with Gasteiger partial charge in [0.15, 0.2) is 0 Å². The molecule has 0 fully saturated rings. The zero-order valence-electron chi connectivity index (χ0n) is 35.8. The minimum Gasteiger partial charge on any atom is -0.311 e. The van der Waals surface area contributed by atoms with Crippen molar-refractivity contribution >= 4 is 120 Å². The zero-order chi connectivity index (χ0) is 43.6. The predicted molar refractivity (Wildman–Crippen MR) is 287 cm³/mol. The van der Waals surface area contributed by atoms with Gasteiger partial charge in [-0.2, -0.15) is 0 Å². The molecule has 0 N–H and O–H groups in total. The van der Waals surface area contributed by atoms with E-state index >= 15 is 0 Å². The third kappa shape index (κ3) is 6.45. The number of rotatable bonds is 8. The molecule has 0 spiro atoms. The highest BCUT2D eigenvalue weighted by Crippen LogP contribution is 2.47. The van der Waals surface area contributed by atoms with Crippen LogP contribution in [0.5, 0.6) is 0 Å². The van der Waals surface area contributed by atoms with Gasteiger partial charge < -0.3 is 9.80 Å². The van der Waals surface area contributed by atoms with Crippen LogP contribution in [0.2, 0.25) is 0 Å². The molecule has 310 valence electrons. The summed E-state index contributed by atoms with van der Waals surface area (Å²) in [6, 6.07) is 84.6. The molecule has 0 aliphatic carbocycles. The van der Waals surface area contributed by atoms with Crippen molar-refractivity contribution in [2.45, 2.75) is 0 Å². The quantitative estimate of drug-likeness (QED) is 0.111. The number of thiophene rings is 2. The first-order chi connectivity index (χ1) is 32.7. The van der Waals surface area contributed by atoms with Gasteiger partial charge in [0.1, 0.15) is 0 Å². The molecule has 0 bridgehead atoms. The normalized spacial score (nSPS) is 11.6. The van der Waals surface area contributed by atoms with Crippen LogP contribution >= 0.6 is 22.7 Å². The van der Waals surface area contributed by atoms with E-state index in [-0.39, 0.29) is 0 Å². The Hall–Kier alpha value is -8.02. The third-order valence-electron chi connectivity index (χ3n) is 13.1. The van der Waals surface area contributed by atoms with Crippen LogP contribution in [0, 0.1) is 0 Å². The second-order valence-corrected chi connectivity index (χ2v) is 18.8. The number of anilines is 6. The van der Waals surface area contributed by atoms with E-state index in [0.29, 0.717) is 0 Å². The summed E-state index contributed by atoms with van der Waals surface area (Å²) in [7, 11) is 0. The second kappa shape index (κ2) is 15.9. The van der Waals surface area contributed by atoms with Crippen LogP contribution in [0.25, 0.3) is 85.5 Å². The largest absolute Gasteiger partial charge is 0.311 e. The van der Waals surface area contributed by atoms with E-state index in [0.717, 1.165) is 34.1 Å². The molecule has 0 unspecified atom stereocenters. The van der Waals surface area contributed by atoms with Crippen LogP contribution in [0.4, 0.5) is 34.1 Å². The fraction of sp³-hybridized carbons (Fsp3) is 0. The number of nitrogens with zero attached hydrogens (tertiary/aromatic N) is 2. The van der Waals surface area contributed by atoms with Crippen LogP contribution in [0.15, 0.2) is 241 Å². The monoisotopic (exact) mass is 876 g/mol. The number of para-hydroxylation sites is 4. The Morgan fingerprint density at radius 1 is 0.258 bits per heavy atom. The molecular weight excluding hydrogens is 837 g/mol. The van der Waals surface area contributed by atoms with Crippen molar-refractivity contribution in [1.29, 1.82) is 0 Å². The van der Waals surface area contributed by atoms with Crippen molar-refractivity contribution in [3.05, 3.63) is 241 Å². The Morgan fingerprint density at radius 3 is 0.970 bits per heavy atom. The summed E-state index contributed by atoms with van der Waals surface area (Å²) in [6.07, 6.45) is 0. The van der Waals surface area contributed by atoms with Gasteiger partial charge in [0, 0.05) is 54.3 Å². The second-order valence-electron chi connectivity index (χ2n) is 16.9. The molecule has 4 heteroatoms. The van der Waals surface area contributed by atoms with Crippen LogP contribution in [-0.4, -0.2) is 0 Å². The summed E-state index contributed by atoms with van der Waals surface area (Å²) in [6.45, 7) is 0. The Kier molecular flexibility index (Phi) is 9.26. The molecule has 2 heterocycles. The third-order valence-corrected chi connectivity index (χ3v) is 14.9. The lowest BCUT2D eigenvalue weighted by molar-refractivity contribution is 1.28. The van der Waals surface area contributed by atoms with Gasteiger partial charge in [0.05, 0.1) is 0 Å². The van der Waals surface area contributed by atoms with Gasteiger partial charge in [-0.05, 0) is 197 Å². The molecular formula is C62H40N2S2. The molecule has 0 amide bonds. The number of fused-ring (bicyclic) bond motifs is 10.